The van der Waals surface area contributed by atoms with Crippen LogP contribution in [-0.4, -0.2) is 22.2 Å². The molecular formula is C14H14O4. The molecule has 8 bridgehead atoms. The van der Waals surface area contributed by atoms with Gasteiger partial charge in [-0.25, -0.2) is 0 Å². The van der Waals surface area contributed by atoms with E-state index in [9.17, 15) is 19.8 Å². The van der Waals surface area contributed by atoms with Crippen LogP contribution in [0.15, 0.2) is 12.2 Å². The lowest BCUT2D eigenvalue weighted by Gasteiger charge is -2.38. The first-order chi connectivity index (χ1) is 8.63. The van der Waals surface area contributed by atoms with Crippen molar-refractivity contribution in [3.8, 4) is 0 Å². The minimum absolute atomic E-state index is 0.148. The Morgan fingerprint density at radius 3 is 1.50 bits per heavy atom. The predicted octanol–water partition coefficient (Wildman–Crippen LogP) is 0.942. The third kappa shape index (κ3) is 0.677. The van der Waals surface area contributed by atoms with E-state index in [-0.39, 0.29) is 11.8 Å². The highest BCUT2D eigenvalue weighted by Crippen LogP contribution is 2.82. The zero-order valence-electron chi connectivity index (χ0n) is 9.64. The number of carboxylic acids is 2. The van der Waals surface area contributed by atoms with Crippen molar-refractivity contribution in [1.82, 2.24) is 0 Å². The molecule has 0 aromatic heterocycles. The summed E-state index contributed by atoms with van der Waals surface area (Å²) in [6.45, 7) is 0. The van der Waals surface area contributed by atoms with Crippen molar-refractivity contribution < 1.29 is 19.8 Å². The van der Waals surface area contributed by atoms with E-state index in [1.54, 1.807) is 0 Å². The molecule has 2 N–H and O–H groups in total. The third-order valence-electron chi connectivity index (χ3n) is 6.79. The van der Waals surface area contributed by atoms with E-state index in [0.717, 1.165) is 0 Å². The van der Waals surface area contributed by atoms with E-state index in [0.29, 0.717) is 35.5 Å². The van der Waals surface area contributed by atoms with Crippen LogP contribution in [0.3, 0.4) is 0 Å². The van der Waals surface area contributed by atoms with E-state index >= 15 is 0 Å². The minimum Gasteiger partial charge on any atom is -0.481 e. The first-order valence-corrected chi connectivity index (χ1v) is 6.77. The van der Waals surface area contributed by atoms with Gasteiger partial charge in [0.1, 0.15) is 0 Å². The molecule has 8 unspecified atom stereocenters. The van der Waals surface area contributed by atoms with Crippen molar-refractivity contribution >= 4 is 11.9 Å². The smallest absolute Gasteiger partial charge is 0.307 e. The van der Waals surface area contributed by atoms with E-state index in [1.807, 2.05) is 0 Å². The fraction of sp³-hybridized carbons (Fsp3) is 0.714. The fourth-order valence-electron chi connectivity index (χ4n) is 6.95. The van der Waals surface area contributed by atoms with Crippen molar-refractivity contribution in [1.29, 1.82) is 0 Å². The quantitative estimate of drug-likeness (QED) is 0.711. The average molecular weight is 246 g/mol. The Hall–Kier alpha value is -1.32. The molecule has 6 rings (SSSR count). The van der Waals surface area contributed by atoms with Gasteiger partial charge in [-0.2, -0.15) is 0 Å². The van der Waals surface area contributed by atoms with Crippen LogP contribution in [0.25, 0.3) is 0 Å². The van der Waals surface area contributed by atoms with Gasteiger partial charge in [0, 0.05) is 0 Å². The summed E-state index contributed by atoms with van der Waals surface area (Å²) < 4.78 is 0. The number of allylic oxidation sites excluding steroid dienone is 2. The van der Waals surface area contributed by atoms with Crippen LogP contribution in [0.4, 0.5) is 0 Å². The van der Waals surface area contributed by atoms with Gasteiger partial charge < -0.3 is 10.2 Å². The second kappa shape index (κ2) is 2.51. The van der Waals surface area contributed by atoms with Gasteiger partial charge in [0.25, 0.3) is 0 Å². The highest BCUT2D eigenvalue weighted by molar-refractivity contribution is 5.82. The lowest BCUT2D eigenvalue weighted by Crippen LogP contribution is -2.43. The van der Waals surface area contributed by atoms with E-state index in [4.69, 9.17) is 0 Å². The normalized spacial score (nSPS) is 64.2. The summed E-state index contributed by atoms with van der Waals surface area (Å²) in [6.07, 6.45) is 4.56. The van der Waals surface area contributed by atoms with Crippen LogP contribution in [-0.2, 0) is 9.59 Å². The summed E-state index contributed by atoms with van der Waals surface area (Å²) >= 11 is 0. The molecule has 4 nitrogen and oxygen atoms in total. The predicted molar refractivity (Wildman–Crippen MR) is 59.3 cm³/mol. The van der Waals surface area contributed by atoms with Crippen molar-refractivity contribution in [2.24, 2.45) is 59.2 Å². The molecule has 0 aliphatic heterocycles. The van der Waals surface area contributed by atoms with Gasteiger partial charge in [0.2, 0.25) is 0 Å². The largest absolute Gasteiger partial charge is 0.481 e. The molecule has 6 aliphatic rings. The van der Waals surface area contributed by atoms with Gasteiger partial charge in [0.15, 0.2) is 0 Å². The zero-order chi connectivity index (χ0) is 12.3. The average Bonchev–Trinajstić information content (AvgIpc) is 3.07. The zero-order valence-corrected chi connectivity index (χ0v) is 9.64. The summed E-state index contributed by atoms with van der Waals surface area (Å²) in [6, 6.07) is 0. The maximum Gasteiger partial charge on any atom is 0.307 e. The molecule has 94 valence electrons. The van der Waals surface area contributed by atoms with Crippen molar-refractivity contribution in [2.75, 3.05) is 0 Å². The second-order valence-electron chi connectivity index (χ2n) is 6.73. The van der Waals surface area contributed by atoms with E-state index < -0.39 is 23.8 Å². The van der Waals surface area contributed by atoms with Crippen LogP contribution < -0.4 is 0 Å². The molecule has 0 aromatic rings. The van der Waals surface area contributed by atoms with E-state index in [2.05, 4.69) is 12.2 Å². The van der Waals surface area contributed by atoms with Crippen LogP contribution in [0.5, 0.6) is 0 Å². The first kappa shape index (κ1) is 9.59. The van der Waals surface area contributed by atoms with Crippen LogP contribution in [0.2, 0.25) is 0 Å². The highest BCUT2D eigenvalue weighted by Gasteiger charge is 2.82. The molecule has 4 heteroatoms. The lowest BCUT2D eigenvalue weighted by atomic mass is 9.65. The molecule has 0 radical (unpaired) electrons. The Kier molecular flexibility index (Phi) is 1.34. The maximum absolute atomic E-state index is 11.5. The molecule has 5 saturated carbocycles. The summed E-state index contributed by atoms with van der Waals surface area (Å²) in [5.74, 6) is 0.353. The lowest BCUT2D eigenvalue weighted by molar-refractivity contribution is -0.159. The maximum atomic E-state index is 11.5. The molecule has 6 aliphatic carbocycles. The van der Waals surface area contributed by atoms with Gasteiger partial charge in [-0.05, 0) is 47.3 Å². The standard InChI is InChI=1S/C14H14O4/c15-13(16)11-9-6-3-1-2-4-5(3)8(9)10(7(4)6)12(11)14(17)18/h1-12H,(H,15,16)(H,17,18). The van der Waals surface area contributed by atoms with Gasteiger partial charge >= 0.3 is 11.9 Å². The molecular weight excluding hydrogens is 232 g/mol. The van der Waals surface area contributed by atoms with Crippen molar-refractivity contribution in [3.05, 3.63) is 12.2 Å². The molecule has 5 fully saturated rings. The summed E-state index contributed by atoms with van der Waals surface area (Å²) in [7, 11) is 0. The monoisotopic (exact) mass is 246 g/mol. The first-order valence-electron chi connectivity index (χ1n) is 6.77. The summed E-state index contributed by atoms with van der Waals surface area (Å²) in [5, 5.41) is 18.8. The SMILES string of the molecule is O=C(O)C1C(C(=O)O)C2C3C4C=CC5C4C2C1C53. The van der Waals surface area contributed by atoms with Crippen molar-refractivity contribution in [2.45, 2.75) is 0 Å². The Labute approximate surface area is 104 Å². The Bertz CT molecular complexity index is 480. The van der Waals surface area contributed by atoms with Crippen LogP contribution >= 0.6 is 0 Å². The van der Waals surface area contributed by atoms with Crippen LogP contribution in [0.1, 0.15) is 0 Å². The second-order valence-corrected chi connectivity index (χ2v) is 6.73. The van der Waals surface area contributed by atoms with E-state index in [1.165, 1.54) is 0 Å². The van der Waals surface area contributed by atoms with Gasteiger partial charge in [-0.15, -0.1) is 0 Å². The molecule has 0 heterocycles. The molecule has 0 aromatic carbocycles. The molecule has 0 saturated heterocycles. The Balaban J connectivity index is 1.67. The molecule has 0 spiro atoms. The Morgan fingerprint density at radius 2 is 1.11 bits per heavy atom. The molecule has 18 heavy (non-hydrogen) atoms. The number of aliphatic carboxylic acids is 2. The van der Waals surface area contributed by atoms with Gasteiger partial charge in [-0.3, -0.25) is 9.59 Å². The number of carbonyl (C=O) groups is 2. The number of carboxylic acid groups (broad SMARTS) is 2. The highest BCUT2D eigenvalue weighted by atomic mass is 16.4. The molecule has 8 atom stereocenters. The summed E-state index contributed by atoms with van der Waals surface area (Å²) in [5.41, 5.74) is 0. The minimum atomic E-state index is -0.884. The number of hydrogen-bond donors (Lipinski definition) is 2. The number of rotatable bonds is 2. The Morgan fingerprint density at radius 1 is 0.667 bits per heavy atom. The number of hydrogen-bond acceptors (Lipinski definition) is 2. The van der Waals surface area contributed by atoms with Crippen LogP contribution in [0, 0.1) is 59.2 Å². The molecule has 0 amide bonds. The third-order valence-corrected chi connectivity index (χ3v) is 6.79. The fourth-order valence-corrected chi connectivity index (χ4v) is 6.95. The van der Waals surface area contributed by atoms with Gasteiger partial charge in [-0.1, -0.05) is 12.2 Å². The summed E-state index contributed by atoms with van der Waals surface area (Å²) in [4.78, 5) is 22.9. The van der Waals surface area contributed by atoms with Gasteiger partial charge in [0.05, 0.1) is 11.8 Å². The van der Waals surface area contributed by atoms with Crippen molar-refractivity contribution in [3.63, 3.8) is 0 Å². The topological polar surface area (TPSA) is 74.6 Å².